The van der Waals surface area contributed by atoms with Crippen molar-refractivity contribution in [3.05, 3.63) is 24.8 Å². The van der Waals surface area contributed by atoms with Crippen LogP contribution < -0.4 is 0 Å². The highest BCUT2D eigenvalue weighted by atomic mass is 16.3. The summed E-state index contributed by atoms with van der Waals surface area (Å²) >= 11 is 0. The number of aliphatic hydroxyl groups excluding tert-OH is 1. The summed E-state index contributed by atoms with van der Waals surface area (Å²) in [7, 11) is 0. The van der Waals surface area contributed by atoms with E-state index in [-0.39, 0.29) is 5.91 Å². The SMILES string of the molecule is C=CCN(C(=O)C(=C)C)C(C)O. The van der Waals surface area contributed by atoms with Gasteiger partial charge in [-0.3, -0.25) is 4.79 Å². The molecule has 0 saturated carbocycles. The van der Waals surface area contributed by atoms with Crippen molar-refractivity contribution in [3.63, 3.8) is 0 Å². The molecule has 0 heterocycles. The summed E-state index contributed by atoms with van der Waals surface area (Å²) in [4.78, 5) is 12.6. The number of aliphatic hydroxyl groups is 1. The van der Waals surface area contributed by atoms with E-state index in [1.54, 1.807) is 13.0 Å². The summed E-state index contributed by atoms with van der Waals surface area (Å²) in [5.74, 6) is -0.245. The van der Waals surface area contributed by atoms with Crippen molar-refractivity contribution in [1.29, 1.82) is 0 Å². The minimum Gasteiger partial charge on any atom is -0.374 e. The Labute approximate surface area is 73.0 Å². The second kappa shape index (κ2) is 4.72. The smallest absolute Gasteiger partial charge is 0.251 e. The van der Waals surface area contributed by atoms with Crippen LogP contribution in [0, 0.1) is 0 Å². The van der Waals surface area contributed by atoms with E-state index in [1.807, 2.05) is 0 Å². The highest BCUT2D eigenvalue weighted by molar-refractivity contribution is 5.92. The van der Waals surface area contributed by atoms with Crippen molar-refractivity contribution in [3.8, 4) is 0 Å². The summed E-state index contributed by atoms with van der Waals surface area (Å²) in [6, 6.07) is 0. The Kier molecular flexibility index (Phi) is 4.29. The monoisotopic (exact) mass is 169 g/mol. The number of hydrogen-bond donors (Lipinski definition) is 1. The number of nitrogens with zero attached hydrogens (tertiary/aromatic N) is 1. The third-order valence-corrected chi connectivity index (χ3v) is 1.40. The summed E-state index contributed by atoms with van der Waals surface area (Å²) in [5.41, 5.74) is 0.415. The van der Waals surface area contributed by atoms with E-state index < -0.39 is 6.23 Å². The summed E-state index contributed by atoms with van der Waals surface area (Å²) in [5, 5.41) is 9.18. The molecule has 3 nitrogen and oxygen atoms in total. The molecule has 1 amide bonds. The van der Waals surface area contributed by atoms with Crippen molar-refractivity contribution in [2.75, 3.05) is 6.54 Å². The first kappa shape index (κ1) is 10.9. The van der Waals surface area contributed by atoms with Gasteiger partial charge in [-0.2, -0.15) is 0 Å². The zero-order chi connectivity index (χ0) is 9.72. The van der Waals surface area contributed by atoms with Crippen LogP contribution in [0.5, 0.6) is 0 Å². The normalized spacial score (nSPS) is 11.9. The summed E-state index contributed by atoms with van der Waals surface area (Å²) < 4.78 is 0. The summed E-state index contributed by atoms with van der Waals surface area (Å²) in [6.45, 7) is 10.5. The van der Waals surface area contributed by atoms with E-state index >= 15 is 0 Å². The molecule has 0 fully saturated rings. The largest absolute Gasteiger partial charge is 0.374 e. The van der Waals surface area contributed by atoms with Crippen LogP contribution in [-0.2, 0) is 4.79 Å². The Morgan fingerprint density at radius 1 is 1.75 bits per heavy atom. The van der Waals surface area contributed by atoms with E-state index in [0.717, 1.165) is 0 Å². The van der Waals surface area contributed by atoms with Gasteiger partial charge in [0.25, 0.3) is 5.91 Å². The molecule has 3 heteroatoms. The molecule has 1 unspecified atom stereocenters. The predicted octanol–water partition coefficient (Wildman–Crippen LogP) is 0.915. The highest BCUT2D eigenvalue weighted by Gasteiger charge is 2.16. The number of hydrogen-bond acceptors (Lipinski definition) is 2. The van der Waals surface area contributed by atoms with E-state index in [9.17, 15) is 9.90 Å². The number of carbonyl (C=O) groups is 1. The zero-order valence-electron chi connectivity index (χ0n) is 7.58. The van der Waals surface area contributed by atoms with Crippen molar-refractivity contribution in [1.82, 2.24) is 4.90 Å². The van der Waals surface area contributed by atoms with E-state index in [0.29, 0.717) is 12.1 Å². The highest BCUT2D eigenvalue weighted by Crippen LogP contribution is 2.02. The van der Waals surface area contributed by atoms with Crippen molar-refractivity contribution in [2.45, 2.75) is 20.1 Å². The molecular formula is C9H15NO2. The molecular weight excluding hydrogens is 154 g/mol. The van der Waals surface area contributed by atoms with Gasteiger partial charge in [-0.05, 0) is 13.8 Å². The van der Waals surface area contributed by atoms with Gasteiger partial charge in [0.1, 0.15) is 6.23 Å². The van der Waals surface area contributed by atoms with Crippen LogP contribution in [0.25, 0.3) is 0 Å². The van der Waals surface area contributed by atoms with Gasteiger partial charge in [0.2, 0.25) is 0 Å². The van der Waals surface area contributed by atoms with Crippen LogP contribution in [0.3, 0.4) is 0 Å². The molecule has 0 rings (SSSR count). The Morgan fingerprint density at radius 2 is 2.25 bits per heavy atom. The van der Waals surface area contributed by atoms with Gasteiger partial charge in [0, 0.05) is 12.1 Å². The van der Waals surface area contributed by atoms with Crippen molar-refractivity contribution < 1.29 is 9.90 Å². The lowest BCUT2D eigenvalue weighted by Crippen LogP contribution is -2.38. The van der Waals surface area contributed by atoms with Gasteiger partial charge in [-0.1, -0.05) is 12.7 Å². The average molecular weight is 169 g/mol. The van der Waals surface area contributed by atoms with Crippen LogP contribution in [-0.4, -0.2) is 28.7 Å². The predicted molar refractivity (Wildman–Crippen MR) is 48.4 cm³/mol. The molecule has 0 bridgehead atoms. The van der Waals surface area contributed by atoms with Crippen molar-refractivity contribution in [2.24, 2.45) is 0 Å². The Hall–Kier alpha value is -1.09. The maximum atomic E-state index is 11.3. The lowest BCUT2D eigenvalue weighted by Gasteiger charge is -2.23. The van der Waals surface area contributed by atoms with Gasteiger partial charge in [0.05, 0.1) is 0 Å². The molecule has 12 heavy (non-hydrogen) atoms. The Morgan fingerprint density at radius 3 is 2.50 bits per heavy atom. The fraction of sp³-hybridized carbons (Fsp3) is 0.444. The molecule has 0 radical (unpaired) electrons. The molecule has 0 aromatic carbocycles. The standard InChI is InChI=1S/C9H15NO2/c1-5-6-10(8(4)11)9(12)7(2)3/h5,8,11H,1-2,6H2,3-4H3. The molecule has 0 aromatic rings. The van der Waals surface area contributed by atoms with Crippen LogP contribution in [0.4, 0.5) is 0 Å². The quantitative estimate of drug-likeness (QED) is 0.386. The first-order chi connectivity index (χ1) is 5.50. The number of amides is 1. The van der Waals surface area contributed by atoms with Gasteiger partial charge < -0.3 is 10.0 Å². The molecule has 0 spiro atoms. The minimum atomic E-state index is -0.799. The molecule has 0 aliphatic carbocycles. The van der Waals surface area contributed by atoms with Crippen LogP contribution in [0.1, 0.15) is 13.8 Å². The van der Waals surface area contributed by atoms with Gasteiger partial charge >= 0.3 is 0 Å². The number of rotatable bonds is 4. The average Bonchev–Trinajstić information content (AvgIpc) is 1.98. The van der Waals surface area contributed by atoms with Crippen molar-refractivity contribution >= 4 is 5.91 Å². The maximum absolute atomic E-state index is 11.3. The van der Waals surface area contributed by atoms with Crippen LogP contribution in [0.2, 0.25) is 0 Å². The van der Waals surface area contributed by atoms with E-state index in [4.69, 9.17) is 0 Å². The second-order valence-corrected chi connectivity index (χ2v) is 2.66. The molecule has 1 N–H and O–H groups in total. The molecule has 0 aromatic heterocycles. The molecule has 1 atom stereocenters. The first-order valence-electron chi connectivity index (χ1n) is 3.76. The fourth-order valence-electron chi connectivity index (χ4n) is 0.789. The topological polar surface area (TPSA) is 40.5 Å². The lowest BCUT2D eigenvalue weighted by atomic mass is 10.3. The second-order valence-electron chi connectivity index (χ2n) is 2.66. The molecule has 68 valence electrons. The minimum absolute atomic E-state index is 0.245. The zero-order valence-corrected chi connectivity index (χ0v) is 7.58. The van der Waals surface area contributed by atoms with Gasteiger partial charge in [-0.15, -0.1) is 6.58 Å². The van der Waals surface area contributed by atoms with E-state index in [1.165, 1.54) is 11.8 Å². The fourth-order valence-corrected chi connectivity index (χ4v) is 0.789. The van der Waals surface area contributed by atoms with Crippen LogP contribution in [0.15, 0.2) is 24.8 Å². The Bertz CT molecular complexity index is 197. The van der Waals surface area contributed by atoms with Gasteiger partial charge in [0.15, 0.2) is 0 Å². The molecule has 0 saturated heterocycles. The Balaban J connectivity index is 4.39. The molecule has 0 aliphatic heterocycles. The third kappa shape index (κ3) is 2.88. The third-order valence-electron chi connectivity index (χ3n) is 1.40. The van der Waals surface area contributed by atoms with Crippen LogP contribution >= 0.6 is 0 Å². The lowest BCUT2D eigenvalue weighted by molar-refractivity contribution is -0.134. The molecule has 0 aliphatic rings. The maximum Gasteiger partial charge on any atom is 0.251 e. The number of carbonyl (C=O) groups excluding carboxylic acids is 1. The summed E-state index contributed by atoms with van der Waals surface area (Å²) in [6.07, 6.45) is 0.764. The van der Waals surface area contributed by atoms with Gasteiger partial charge in [-0.25, -0.2) is 0 Å². The van der Waals surface area contributed by atoms with E-state index in [2.05, 4.69) is 13.2 Å². The first-order valence-corrected chi connectivity index (χ1v) is 3.76.